The van der Waals surface area contributed by atoms with Crippen LogP contribution in [-0.4, -0.2) is 47.7 Å². The molecule has 0 aromatic heterocycles. The number of rotatable bonds is 4. The number of carboxylic acids is 1. The lowest BCUT2D eigenvalue weighted by Gasteiger charge is -2.35. The first-order valence-electron chi connectivity index (χ1n) is 8.13. The smallest absolute Gasteiger partial charge is 0.416 e. The van der Waals surface area contributed by atoms with Gasteiger partial charge >= 0.3 is 12.1 Å². The highest BCUT2D eigenvalue weighted by Gasteiger charge is 2.55. The Morgan fingerprint density at radius 3 is 2.62 bits per heavy atom. The summed E-state index contributed by atoms with van der Waals surface area (Å²) in [7, 11) is 0. The van der Waals surface area contributed by atoms with E-state index in [2.05, 4.69) is 0 Å². The van der Waals surface area contributed by atoms with E-state index in [1.165, 1.54) is 11.0 Å². The van der Waals surface area contributed by atoms with Crippen LogP contribution in [0.15, 0.2) is 18.2 Å². The first-order valence-corrected chi connectivity index (χ1v) is 8.51. The topological polar surface area (TPSA) is 66.8 Å². The van der Waals surface area contributed by atoms with Gasteiger partial charge in [-0.3, -0.25) is 9.59 Å². The molecule has 0 radical (unpaired) electrons. The van der Waals surface area contributed by atoms with Crippen molar-refractivity contribution < 1.29 is 32.6 Å². The molecule has 0 bridgehead atoms. The number of benzene rings is 1. The number of carbonyl (C=O) groups excluding carboxylic acids is 1. The van der Waals surface area contributed by atoms with E-state index in [9.17, 15) is 22.8 Å². The lowest BCUT2D eigenvalue weighted by molar-refractivity contribution is -0.149. The highest BCUT2D eigenvalue weighted by molar-refractivity contribution is 6.32. The van der Waals surface area contributed by atoms with Gasteiger partial charge in [0.1, 0.15) is 0 Å². The van der Waals surface area contributed by atoms with Gasteiger partial charge in [0.25, 0.3) is 0 Å². The summed E-state index contributed by atoms with van der Waals surface area (Å²) in [5, 5.41) is 9.00. The fourth-order valence-electron chi connectivity index (χ4n) is 3.32. The molecule has 2 aliphatic rings. The zero-order valence-corrected chi connectivity index (χ0v) is 14.4. The SMILES string of the molecule is O=C(O)CC1CN(C(=O)C2(c3cc(C(F)(F)F)ccc3Cl)CC2)CCO1. The molecule has 1 amide bonds. The molecule has 9 heteroatoms. The lowest BCUT2D eigenvalue weighted by atomic mass is 9.92. The first-order chi connectivity index (χ1) is 12.1. The molecule has 1 aliphatic heterocycles. The van der Waals surface area contributed by atoms with Crippen molar-refractivity contribution in [3.63, 3.8) is 0 Å². The average Bonchev–Trinajstić information content (AvgIpc) is 3.34. The molecular weight excluding hydrogens is 375 g/mol. The van der Waals surface area contributed by atoms with Crippen molar-refractivity contribution in [1.82, 2.24) is 4.90 Å². The summed E-state index contributed by atoms with van der Waals surface area (Å²) < 4.78 is 44.4. The van der Waals surface area contributed by atoms with E-state index in [0.29, 0.717) is 12.8 Å². The molecule has 1 aromatic rings. The maximum absolute atomic E-state index is 13.0. The second-order valence-corrected chi connectivity index (χ2v) is 7.02. The van der Waals surface area contributed by atoms with Crippen LogP contribution in [-0.2, 0) is 25.9 Å². The molecule has 1 heterocycles. The Balaban J connectivity index is 1.85. The summed E-state index contributed by atoms with van der Waals surface area (Å²) in [5.41, 5.74) is -1.73. The van der Waals surface area contributed by atoms with Gasteiger partial charge in [0.15, 0.2) is 0 Å². The van der Waals surface area contributed by atoms with Crippen molar-refractivity contribution in [3.8, 4) is 0 Å². The number of alkyl halides is 3. The minimum Gasteiger partial charge on any atom is -0.481 e. The molecule has 1 N–H and O–H groups in total. The van der Waals surface area contributed by atoms with Crippen LogP contribution in [0, 0.1) is 0 Å². The van der Waals surface area contributed by atoms with E-state index in [0.717, 1.165) is 12.1 Å². The van der Waals surface area contributed by atoms with Crippen LogP contribution in [0.25, 0.3) is 0 Å². The molecule has 2 fully saturated rings. The van der Waals surface area contributed by atoms with Gasteiger partial charge < -0.3 is 14.7 Å². The number of amides is 1. The average molecular weight is 392 g/mol. The van der Waals surface area contributed by atoms with Crippen molar-refractivity contribution in [2.75, 3.05) is 19.7 Å². The van der Waals surface area contributed by atoms with Gasteiger partial charge in [0.2, 0.25) is 5.91 Å². The number of hydrogen-bond acceptors (Lipinski definition) is 3. The number of ether oxygens (including phenoxy) is 1. The second-order valence-electron chi connectivity index (χ2n) is 6.62. The monoisotopic (exact) mass is 391 g/mol. The number of carboxylic acid groups (broad SMARTS) is 1. The number of hydrogen-bond donors (Lipinski definition) is 1. The van der Waals surface area contributed by atoms with Crippen molar-refractivity contribution >= 4 is 23.5 Å². The number of aliphatic carboxylic acids is 1. The second kappa shape index (κ2) is 6.74. The molecule has 1 unspecified atom stereocenters. The first kappa shape index (κ1) is 19.0. The van der Waals surface area contributed by atoms with Gasteiger partial charge in [-0.2, -0.15) is 13.2 Å². The molecule has 5 nitrogen and oxygen atoms in total. The molecule has 0 spiro atoms. The fourth-order valence-corrected chi connectivity index (χ4v) is 3.61. The Labute approximate surface area is 152 Å². The Bertz CT molecular complexity index is 733. The highest BCUT2D eigenvalue weighted by Crippen LogP contribution is 2.52. The third-order valence-electron chi connectivity index (χ3n) is 4.80. The van der Waals surface area contributed by atoms with Crippen molar-refractivity contribution in [3.05, 3.63) is 34.3 Å². The van der Waals surface area contributed by atoms with E-state index in [4.69, 9.17) is 21.4 Å². The lowest BCUT2D eigenvalue weighted by Crippen LogP contribution is -2.49. The summed E-state index contributed by atoms with van der Waals surface area (Å²) >= 11 is 6.11. The van der Waals surface area contributed by atoms with Crippen LogP contribution in [0.5, 0.6) is 0 Å². The Hall–Kier alpha value is -1.80. The summed E-state index contributed by atoms with van der Waals surface area (Å²) in [4.78, 5) is 25.3. The van der Waals surface area contributed by atoms with E-state index in [1.54, 1.807) is 0 Å². The quantitative estimate of drug-likeness (QED) is 0.856. The molecule has 3 rings (SSSR count). The fraction of sp³-hybridized carbons (Fsp3) is 0.529. The summed E-state index contributed by atoms with van der Waals surface area (Å²) in [5.74, 6) is -1.36. The predicted molar refractivity (Wildman–Crippen MR) is 85.9 cm³/mol. The zero-order chi connectivity index (χ0) is 19.1. The minimum atomic E-state index is -4.52. The maximum Gasteiger partial charge on any atom is 0.416 e. The van der Waals surface area contributed by atoms with Crippen LogP contribution < -0.4 is 0 Å². The molecular formula is C17H17ClF3NO4. The molecule has 1 aliphatic carbocycles. The molecule has 1 atom stereocenters. The minimum absolute atomic E-state index is 0.101. The van der Waals surface area contributed by atoms with Gasteiger partial charge in [0.05, 0.1) is 30.1 Å². The third-order valence-corrected chi connectivity index (χ3v) is 5.13. The molecule has 142 valence electrons. The number of nitrogens with zero attached hydrogens (tertiary/aromatic N) is 1. The van der Waals surface area contributed by atoms with Gasteiger partial charge in [-0.15, -0.1) is 0 Å². The Morgan fingerprint density at radius 1 is 1.35 bits per heavy atom. The van der Waals surface area contributed by atoms with Crippen LogP contribution >= 0.6 is 11.6 Å². The third kappa shape index (κ3) is 3.66. The summed E-state index contributed by atoms with van der Waals surface area (Å²) in [6.07, 6.45) is -4.56. The van der Waals surface area contributed by atoms with Gasteiger partial charge in [-0.05, 0) is 36.6 Å². The van der Waals surface area contributed by atoms with Crippen LogP contribution in [0.2, 0.25) is 5.02 Å². The van der Waals surface area contributed by atoms with Gasteiger partial charge in [-0.1, -0.05) is 11.6 Å². The Morgan fingerprint density at radius 2 is 2.04 bits per heavy atom. The standard InChI is InChI=1S/C17H17ClF3NO4/c18-13-2-1-10(17(19,20)21)7-12(13)16(3-4-16)15(25)22-5-6-26-11(9-22)8-14(23)24/h1-2,7,11H,3-6,8-9H2,(H,23,24). The van der Waals surface area contributed by atoms with Crippen molar-refractivity contribution in [2.45, 2.75) is 37.0 Å². The van der Waals surface area contributed by atoms with Gasteiger partial charge in [-0.25, -0.2) is 0 Å². The van der Waals surface area contributed by atoms with E-state index < -0.39 is 29.2 Å². The Kier molecular flexibility index (Phi) is 4.92. The predicted octanol–water partition coefficient (Wildman–Crippen LogP) is 3.09. The van der Waals surface area contributed by atoms with E-state index >= 15 is 0 Å². The largest absolute Gasteiger partial charge is 0.481 e. The number of carbonyl (C=O) groups is 2. The molecule has 1 aromatic carbocycles. The van der Waals surface area contributed by atoms with Crippen molar-refractivity contribution in [2.24, 2.45) is 0 Å². The van der Waals surface area contributed by atoms with E-state index in [-0.39, 0.29) is 42.6 Å². The highest BCUT2D eigenvalue weighted by atomic mass is 35.5. The number of halogens is 4. The van der Waals surface area contributed by atoms with Crippen LogP contribution in [0.1, 0.15) is 30.4 Å². The maximum atomic E-state index is 13.0. The molecule has 1 saturated carbocycles. The van der Waals surface area contributed by atoms with Crippen LogP contribution in [0.3, 0.4) is 0 Å². The van der Waals surface area contributed by atoms with E-state index in [1.807, 2.05) is 0 Å². The molecule has 1 saturated heterocycles. The molecule has 26 heavy (non-hydrogen) atoms. The normalized spacial score (nSPS) is 22.2. The van der Waals surface area contributed by atoms with Crippen molar-refractivity contribution in [1.29, 1.82) is 0 Å². The summed E-state index contributed by atoms with van der Waals surface area (Å²) in [6.45, 7) is 0.562. The number of morpholine rings is 1. The van der Waals surface area contributed by atoms with Gasteiger partial charge in [0, 0.05) is 18.1 Å². The zero-order valence-electron chi connectivity index (χ0n) is 13.7. The van der Waals surface area contributed by atoms with Crippen LogP contribution in [0.4, 0.5) is 13.2 Å². The summed E-state index contributed by atoms with van der Waals surface area (Å²) in [6, 6.07) is 3.01.